The molecule has 1 N–H and O–H groups in total. The molecule has 3 aromatic rings. The standard InChI is InChI=1S/C13H18N2O2.C10H10N2/c1-10-6-15(7-11(10)9-17-2)13-3-4-14-12(5-13)8-16;1-11-9-6-2-4-8-5-3-7-12-10(8)9/h3-5,8,10-11H,6-7,9H2,1-2H3;2-7,11H,1H3/t10-,11-;/m0./s1. The van der Waals surface area contributed by atoms with E-state index in [1.807, 2.05) is 43.6 Å². The van der Waals surface area contributed by atoms with Gasteiger partial charge in [-0.25, -0.2) is 0 Å². The van der Waals surface area contributed by atoms with Gasteiger partial charge >= 0.3 is 0 Å². The molecule has 0 radical (unpaired) electrons. The van der Waals surface area contributed by atoms with Gasteiger partial charge in [-0.15, -0.1) is 0 Å². The third kappa shape index (κ3) is 5.09. The fraction of sp³-hybridized carbons (Fsp3) is 0.348. The van der Waals surface area contributed by atoms with Crippen molar-refractivity contribution >= 4 is 28.6 Å². The van der Waals surface area contributed by atoms with Crippen LogP contribution in [0.15, 0.2) is 54.9 Å². The van der Waals surface area contributed by atoms with Crippen molar-refractivity contribution in [2.75, 3.05) is 44.1 Å². The molecule has 0 spiro atoms. The third-order valence-corrected chi connectivity index (χ3v) is 5.30. The molecule has 1 aliphatic heterocycles. The minimum absolute atomic E-state index is 0.491. The van der Waals surface area contributed by atoms with E-state index in [1.54, 1.807) is 13.3 Å². The molecule has 6 nitrogen and oxygen atoms in total. The van der Waals surface area contributed by atoms with Crippen molar-refractivity contribution in [3.05, 3.63) is 60.6 Å². The number of para-hydroxylation sites is 1. The zero-order chi connectivity index (χ0) is 20.6. The highest BCUT2D eigenvalue weighted by Crippen LogP contribution is 2.28. The van der Waals surface area contributed by atoms with E-state index in [0.717, 1.165) is 42.9 Å². The first kappa shape index (κ1) is 20.7. The van der Waals surface area contributed by atoms with Gasteiger partial charge in [0.2, 0.25) is 0 Å². The number of methoxy groups -OCH3 is 1. The molecule has 1 aliphatic rings. The van der Waals surface area contributed by atoms with E-state index in [0.29, 0.717) is 17.5 Å². The number of hydrogen-bond donors (Lipinski definition) is 1. The Morgan fingerprint density at radius 1 is 1.17 bits per heavy atom. The maximum atomic E-state index is 10.7. The van der Waals surface area contributed by atoms with Crippen LogP contribution >= 0.6 is 0 Å². The quantitative estimate of drug-likeness (QED) is 0.665. The van der Waals surface area contributed by atoms with Crippen molar-refractivity contribution in [1.82, 2.24) is 9.97 Å². The summed E-state index contributed by atoms with van der Waals surface area (Å²) in [7, 11) is 3.65. The lowest BCUT2D eigenvalue weighted by atomic mass is 10.00. The molecule has 1 fully saturated rings. The molecular weight excluding hydrogens is 364 g/mol. The molecule has 4 rings (SSSR count). The first-order valence-corrected chi connectivity index (χ1v) is 9.83. The predicted molar refractivity (Wildman–Crippen MR) is 118 cm³/mol. The van der Waals surface area contributed by atoms with E-state index in [4.69, 9.17) is 4.74 Å². The van der Waals surface area contributed by atoms with Gasteiger partial charge in [0.25, 0.3) is 0 Å². The maximum Gasteiger partial charge on any atom is 0.168 e. The molecule has 0 unspecified atom stereocenters. The Hall–Kier alpha value is -2.99. The number of aldehydes is 1. The smallest absolute Gasteiger partial charge is 0.168 e. The van der Waals surface area contributed by atoms with Gasteiger partial charge in [-0.1, -0.05) is 25.1 Å². The molecule has 0 saturated carbocycles. The number of fused-ring (bicyclic) bond motifs is 1. The maximum absolute atomic E-state index is 10.7. The zero-order valence-corrected chi connectivity index (χ0v) is 17.2. The highest BCUT2D eigenvalue weighted by atomic mass is 16.5. The minimum atomic E-state index is 0.491. The summed E-state index contributed by atoms with van der Waals surface area (Å²) in [5.41, 5.74) is 3.67. The van der Waals surface area contributed by atoms with Crippen LogP contribution in [-0.2, 0) is 4.74 Å². The van der Waals surface area contributed by atoms with Crippen LogP contribution < -0.4 is 10.2 Å². The highest BCUT2D eigenvalue weighted by Gasteiger charge is 2.29. The van der Waals surface area contributed by atoms with E-state index in [-0.39, 0.29) is 0 Å². The number of anilines is 2. The molecule has 6 heteroatoms. The van der Waals surface area contributed by atoms with Gasteiger partial charge < -0.3 is 15.0 Å². The van der Waals surface area contributed by atoms with Gasteiger partial charge in [-0.2, -0.15) is 0 Å². The molecule has 3 heterocycles. The lowest BCUT2D eigenvalue weighted by molar-refractivity contribution is 0.111. The number of benzene rings is 1. The molecule has 0 bridgehead atoms. The van der Waals surface area contributed by atoms with Crippen LogP contribution in [0, 0.1) is 11.8 Å². The first-order chi connectivity index (χ1) is 14.2. The van der Waals surface area contributed by atoms with Crippen molar-refractivity contribution in [2.45, 2.75) is 6.92 Å². The number of nitrogens with zero attached hydrogens (tertiary/aromatic N) is 3. The van der Waals surface area contributed by atoms with Crippen LogP contribution in [0.5, 0.6) is 0 Å². The van der Waals surface area contributed by atoms with Gasteiger partial charge in [-0.05, 0) is 30.2 Å². The summed E-state index contributed by atoms with van der Waals surface area (Å²) in [6, 6.07) is 13.9. The molecule has 0 aliphatic carbocycles. The lowest BCUT2D eigenvalue weighted by Crippen LogP contribution is -2.21. The van der Waals surface area contributed by atoms with Crippen LogP contribution in [0.2, 0.25) is 0 Å². The largest absolute Gasteiger partial charge is 0.386 e. The molecule has 2 atom stereocenters. The summed E-state index contributed by atoms with van der Waals surface area (Å²) in [4.78, 5) is 21.3. The van der Waals surface area contributed by atoms with Gasteiger partial charge in [0.15, 0.2) is 6.29 Å². The Balaban J connectivity index is 0.000000176. The summed E-state index contributed by atoms with van der Waals surface area (Å²) < 4.78 is 5.23. The lowest BCUT2D eigenvalue weighted by Gasteiger charge is -2.18. The van der Waals surface area contributed by atoms with Crippen molar-refractivity contribution in [2.24, 2.45) is 11.8 Å². The Bertz CT molecular complexity index is 942. The average Bonchev–Trinajstić information content (AvgIpc) is 3.14. The normalized spacial score (nSPS) is 18.2. The molecule has 0 amide bonds. The predicted octanol–water partition coefficient (Wildman–Crippen LogP) is 3.89. The first-order valence-electron chi connectivity index (χ1n) is 9.83. The Kier molecular flexibility index (Phi) is 7.14. The minimum Gasteiger partial charge on any atom is -0.386 e. The van der Waals surface area contributed by atoms with Crippen LogP contribution in [0.1, 0.15) is 17.4 Å². The molecule has 2 aromatic heterocycles. The topological polar surface area (TPSA) is 67.4 Å². The van der Waals surface area contributed by atoms with Crippen molar-refractivity contribution in [3.8, 4) is 0 Å². The third-order valence-electron chi connectivity index (χ3n) is 5.30. The summed E-state index contributed by atoms with van der Waals surface area (Å²) >= 11 is 0. The second-order valence-electron chi connectivity index (χ2n) is 7.29. The number of nitrogens with one attached hydrogen (secondary N) is 1. The number of aromatic nitrogens is 2. The van der Waals surface area contributed by atoms with E-state index >= 15 is 0 Å². The van der Waals surface area contributed by atoms with Crippen molar-refractivity contribution < 1.29 is 9.53 Å². The molecule has 29 heavy (non-hydrogen) atoms. The second kappa shape index (κ2) is 9.98. The van der Waals surface area contributed by atoms with Crippen LogP contribution in [0.4, 0.5) is 11.4 Å². The van der Waals surface area contributed by atoms with Crippen LogP contribution in [0.25, 0.3) is 10.9 Å². The van der Waals surface area contributed by atoms with E-state index in [1.165, 1.54) is 5.39 Å². The summed E-state index contributed by atoms with van der Waals surface area (Å²) in [6.07, 6.45) is 4.28. The Morgan fingerprint density at radius 3 is 2.76 bits per heavy atom. The van der Waals surface area contributed by atoms with Gasteiger partial charge in [0.1, 0.15) is 5.69 Å². The van der Waals surface area contributed by atoms with E-state index < -0.39 is 0 Å². The van der Waals surface area contributed by atoms with E-state index in [9.17, 15) is 4.79 Å². The van der Waals surface area contributed by atoms with Gasteiger partial charge in [0, 0.05) is 56.6 Å². The SMILES string of the molecule is CNc1cccc2cccnc12.COC[C@@H]1CN(c2ccnc(C=O)c2)C[C@@H]1C. The van der Waals surface area contributed by atoms with Gasteiger partial charge in [0.05, 0.1) is 17.8 Å². The second-order valence-corrected chi connectivity index (χ2v) is 7.29. The average molecular weight is 393 g/mol. The van der Waals surface area contributed by atoms with Crippen LogP contribution in [-0.4, -0.2) is 50.1 Å². The molecule has 1 aromatic carbocycles. The number of carbonyl (C=O) groups excluding carboxylic acids is 1. The number of pyridine rings is 2. The number of hydrogen-bond acceptors (Lipinski definition) is 6. The fourth-order valence-electron chi connectivity index (χ4n) is 3.68. The monoisotopic (exact) mass is 392 g/mol. The molecular formula is C23H28N4O2. The summed E-state index contributed by atoms with van der Waals surface area (Å²) in [5.74, 6) is 1.18. The summed E-state index contributed by atoms with van der Waals surface area (Å²) in [5, 5.41) is 4.28. The molecule has 1 saturated heterocycles. The Morgan fingerprint density at radius 2 is 2.00 bits per heavy atom. The fourth-order valence-corrected chi connectivity index (χ4v) is 3.68. The van der Waals surface area contributed by atoms with Gasteiger partial charge in [-0.3, -0.25) is 14.8 Å². The zero-order valence-electron chi connectivity index (χ0n) is 17.2. The Labute approximate surface area is 171 Å². The van der Waals surface area contributed by atoms with Crippen molar-refractivity contribution in [1.29, 1.82) is 0 Å². The number of carbonyl (C=O) groups is 1. The van der Waals surface area contributed by atoms with Crippen molar-refractivity contribution in [3.63, 3.8) is 0 Å². The van der Waals surface area contributed by atoms with Crippen LogP contribution in [0.3, 0.4) is 0 Å². The molecule has 152 valence electrons. The number of ether oxygens (including phenoxy) is 1. The number of rotatable bonds is 5. The van der Waals surface area contributed by atoms with E-state index in [2.05, 4.69) is 39.2 Å². The summed E-state index contributed by atoms with van der Waals surface area (Å²) in [6.45, 7) is 5.03. The highest BCUT2D eigenvalue weighted by molar-refractivity contribution is 5.89.